The van der Waals surface area contributed by atoms with Crippen molar-refractivity contribution >= 4 is 12.3 Å². The summed E-state index contributed by atoms with van der Waals surface area (Å²) < 4.78 is 17.4. The summed E-state index contributed by atoms with van der Waals surface area (Å²) in [6.45, 7) is 0. The third kappa shape index (κ3) is 3.35. The van der Waals surface area contributed by atoms with Crippen LogP contribution in [0.2, 0.25) is 0 Å². The molecule has 1 rings (SSSR count). The molecule has 2 N–H and O–H groups in total. The molecule has 2 unspecified atom stereocenters. The number of ether oxygens (including phenoxy) is 1. The molecule has 1 aromatic rings. The summed E-state index contributed by atoms with van der Waals surface area (Å²) in [6, 6.07) is 3.36. The van der Waals surface area contributed by atoms with Crippen molar-refractivity contribution in [2.75, 3.05) is 7.11 Å². The Hall–Kier alpha value is -1.79. The zero-order valence-electron chi connectivity index (χ0n) is 9.67. The van der Waals surface area contributed by atoms with Gasteiger partial charge in [-0.1, -0.05) is 6.07 Å². The van der Waals surface area contributed by atoms with Crippen molar-refractivity contribution in [3.63, 3.8) is 0 Å². The summed E-state index contributed by atoms with van der Waals surface area (Å²) in [5, 5.41) is 19.3. The zero-order chi connectivity index (χ0) is 13.7. The lowest BCUT2D eigenvalue weighted by molar-refractivity contribution is -0.144. The van der Waals surface area contributed by atoms with E-state index < -0.39 is 30.4 Å². The number of aliphatic hydroxyl groups excluding tert-OH is 2. The van der Waals surface area contributed by atoms with Gasteiger partial charge in [-0.2, -0.15) is 0 Å². The molecule has 0 aliphatic rings. The Labute approximate surface area is 103 Å². The first-order valence-corrected chi connectivity index (χ1v) is 5.17. The van der Waals surface area contributed by atoms with Crippen LogP contribution in [0, 0.1) is 5.82 Å². The van der Waals surface area contributed by atoms with Crippen LogP contribution in [0.3, 0.4) is 0 Å². The number of carbonyl (C=O) groups is 2. The standard InChI is InChI=1S/C12H13FO5/c1-18-11(16)5-10(15)12(17)7-2-3-9(13)8(4-7)6-14/h2-4,6,10,12,15,17H,5H2,1H3. The van der Waals surface area contributed by atoms with Gasteiger partial charge < -0.3 is 14.9 Å². The summed E-state index contributed by atoms with van der Waals surface area (Å²) in [6.07, 6.45) is -2.88. The number of rotatable bonds is 5. The van der Waals surface area contributed by atoms with Crippen molar-refractivity contribution in [1.29, 1.82) is 0 Å². The second-order valence-electron chi connectivity index (χ2n) is 3.69. The maximum Gasteiger partial charge on any atom is 0.308 e. The molecule has 0 spiro atoms. The molecular weight excluding hydrogens is 243 g/mol. The van der Waals surface area contributed by atoms with E-state index in [-0.39, 0.29) is 11.1 Å². The molecule has 18 heavy (non-hydrogen) atoms. The summed E-state index contributed by atoms with van der Waals surface area (Å²) in [4.78, 5) is 21.5. The van der Waals surface area contributed by atoms with Crippen LogP contribution >= 0.6 is 0 Å². The van der Waals surface area contributed by atoms with Crippen LogP contribution in [-0.2, 0) is 9.53 Å². The van der Waals surface area contributed by atoms with Crippen LogP contribution in [0.5, 0.6) is 0 Å². The summed E-state index contributed by atoms with van der Waals surface area (Å²) in [5.41, 5.74) is -0.0771. The van der Waals surface area contributed by atoms with E-state index in [1.54, 1.807) is 0 Å². The molecule has 0 aromatic heterocycles. The van der Waals surface area contributed by atoms with Gasteiger partial charge in [0.25, 0.3) is 0 Å². The van der Waals surface area contributed by atoms with Crippen molar-refractivity contribution in [2.45, 2.75) is 18.6 Å². The van der Waals surface area contributed by atoms with E-state index in [0.29, 0.717) is 6.29 Å². The van der Waals surface area contributed by atoms with Crippen LogP contribution in [0.4, 0.5) is 4.39 Å². The minimum absolute atomic E-state index is 0.148. The Bertz CT molecular complexity index is 446. The molecule has 0 aliphatic heterocycles. The first-order valence-electron chi connectivity index (χ1n) is 5.17. The van der Waals surface area contributed by atoms with Crippen LogP contribution in [0.25, 0.3) is 0 Å². The SMILES string of the molecule is COC(=O)CC(O)C(O)c1ccc(F)c(C=O)c1. The fourth-order valence-corrected chi connectivity index (χ4v) is 1.42. The average Bonchev–Trinajstić information content (AvgIpc) is 2.38. The second kappa shape index (κ2) is 6.23. The topological polar surface area (TPSA) is 83.8 Å². The van der Waals surface area contributed by atoms with Gasteiger partial charge in [0.2, 0.25) is 0 Å². The number of benzene rings is 1. The van der Waals surface area contributed by atoms with E-state index in [1.165, 1.54) is 6.07 Å². The fraction of sp³-hybridized carbons (Fsp3) is 0.333. The minimum Gasteiger partial charge on any atom is -0.469 e. The molecule has 0 fully saturated rings. The minimum atomic E-state index is -1.40. The first kappa shape index (κ1) is 14.3. The third-order valence-corrected chi connectivity index (χ3v) is 2.46. The quantitative estimate of drug-likeness (QED) is 0.595. The van der Waals surface area contributed by atoms with Gasteiger partial charge in [0.15, 0.2) is 6.29 Å². The third-order valence-electron chi connectivity index (χ3n) is 2.46. The second-order valence-corrected chi connectivity index (χ2v) is 3.69. The van der Waals surface area contributed by atoms with Crippen LogP contribution < -0.4 is 0 Å². The van der Waals surface area contributed by atoms with Gasteiger partial charge in [-0.3, -0.25) is 9.59 Å². The number of methoxy groups -OCH3 is 1. The lowest BCUT2D eigenvalue weighted by atomic mass is 10.00. The largest absolute Gasteiger partial charge is 0.469 e. The zero-order valence-corrected chi connectivity index (χ0v) is 9.67. The van der Waals surface area contributed by atoms with Crippen LogP contribution in [0.15, 0.2) is 18.2 Å². The molecule has 2 atom stereocenters. The molecule has 0 saturated carbocycles. The summed E-state index contributed by atoms with van der Waals surface area (Å²) >= 11 is 0. The maximum absolute atomic E-state index is 13.0. The molecule has 98 valence electrons. The number of esters is 1. The van der Waals surface area contributed by atoms with Crippen molar-refractivity contribution in [1.82, 2.24) is 0 Å². The number of hydrogen-bond acceptors (Lipinski definition) is 5. The van der Waals surface area contributed by atoms with E-state index >= 15 is 0 Å². The normalized spacial score (nSPS) is 13.8. The van der Waals surface area contributed by atoms with Gasteiger partial charge in [-0.15, -0.1) is 0 Å². The number of hydrogen-bond donors (Lipinski definition) is 2. The number of halogens is 1. The van der Waals surface area contributed by atoms with Crippen molar-refractivity contribution in [3.05, 3.63) is 35.1 Å². The van der Waals surface area contributed by atoms with Gasteiger partial charge in [0, 0.05) is 0 Å². The smallest absolute Gasteiger partial charge is 0.308 e. The predicted octanol–water partition coefficient (Wildman–Crippen LogP) is 0.596. The summed E-state index contributed by atoms with van der Waals surface area (Å²) in [5.74, 6) is -1.40. The number of carbonyl (C=O) groups excluding carboxylic acids is 2. The van der Waals surface area contributed by atoms with Crippen molar-refractivity contribution in [3.8, 4) is 0 Å². The van der Waals surface area contributed by atoms with Crippen molar-refractivity contribution in [2.24, 2.45) is 0 Å². The van der Waals surface area contributed by atoms with E-state index in [1.807, 2.05) is 0 Å². The Balaban J connectivity index is 2.86. The highest BCUT2D eigenvalue weighted by atomic mass is 19.1. The van der Waals surface area contributed by atoms with Gasteiger partial charge in [-0.25, -0.2) is 4.39 Å². The highest BCUT2D eigenvalue weighted by Crippen LogP contribution is 2.21. The Kier molecular flexibility index (Phi) is 4.94. The van der Waals surface area contributed by atoms with E-state index in [4.69, 9.17) is 0 Å². The Morgan fingerprint density at radius 2 is 2.17 bits per heavy atom. The average molecular weight is 256 g/mol. The first-order chi connectivity index (χ1) is 8.49. The molecule has 0 aliphatic carbocycles. The number of aliphatic hydroxyl groups is 2. The molecular formula is C12H13FO5. The van der Waals surface area contributed by atoms with Gasteiger partial charge in [-0.05, 0) is 17.7 Å². The van der Waals surface area contributed by atoms with Gasteiger partial charge in [0.1, 0.15) is 11.9 Å². The van der Waals surface area contributed by atoms with E-state index in [0.717, 1.165) is 19.2 Å². The van der Waals surface area contributed by atoms with Gasteiger partial charge >= 0.3 is 5.97 Å². The molecule has 1 aromatic carbocycles. The molecule has 5 nitrogen and oxygen atoms in total. The predicted molar refractivity (Wildman–Crippen MR) is 59.4 cm³/mol. The highest BCUT2D eigenvalue weighted by molar-refractivity contribution is 5.75. The Morgan fingerprint density at radius 3 is 2.72 bits per heavy atom. The Morgan fingerprint density at radius 1 is 1.50 bits per heavy atom. The van der Waals surface area contributed by atoms with Gasteiger partial charge in [0.05, 0.1) is 25.2 Å². The van der Waals surface area contributed by atoms with Crippen molar-refractivity contribution < 1.29 is 28.9 Å². The fourth-order valence-electron chi connectivity index (χ4n) is 1.42. The lowest BCUT2D eigenvalue weighted by Crippen LogP contribution is -2.22. The van der Waals surface area contributed by atoms with Crippen LogP contribution in [-0.4, -0.2) is 35.7 Å². The molecule has 0 bridgehead atoms. The molecule has 0 heterocycles. The van der Waals surface area contributed by atoms with E-state index in [2.05, 4.69) is 4.74 Å². The summed E-state index contributed by atoms with van der Waals surface area (Å²) in [7, 11) is 1.16. The molecule has 0 amide bonds. The molecule has 6 heteroatoms. The van der Waals surface area contributed by atoms with E-state index in [9.17, 15) is 24.2 Å². The van der Waals surface area contributed by atoms with Crippen LogP contribution in [0.1, 0.15) is 28.4 Å². The monoisotopic (exact) mass is 256 g/mol. The lowest BCUT2D eigenvalue weighted by Gasteiger charge is -2.17. The highest BCUT2D eigenvalue weighted by Gasteiger charge is 2.22. The number of aldehydes is 1. The molecule has 0 radical (unpaired) electrons. The maximum atomic E-state index is 13.0. The molecule has 0 saturated heterocycles.